The lowest BCUT2D eigenvalue weighted by atomic mass is 10.2. The smallest absolute Gasteiger partial charge is 0.287 e. The number of aromatic nitrogens is 2. The van der Waals surface area contributed by atoms with Crippen LogP contribution in [0, 0.1) is 0 Å². The molecule has 1 aliphatic heterocycles. The van der Waals surface area contributed by atoms with Gasteiger partial charge in [-0.15, -0.1) is 6.58 Å². The van der Waals surface area contributed by atoms with Crippen molar-refractivity contribution in [1.29, 1.82) is 0 Å². The number of hydrogen-bond acceptors (Lipinski definition) is 4. The van der Waals surface area contributed by atoms with E-state index >= 15 is 0 Å². The summed E-state index contributed by atoms with van der Waals surface area (Å²) in [5.41, 5.74) is 0.485. The van der Waals surface area contributed by atoms with Crippen LogP contribution in [0.1, 0.15) is 12.8 Å². The average Bonchev–Trinajstić information content (AvgIpc) is 2.84. The Bertz CT molecular complexity index is 514. The quantitative estimate of drug-likeness (QED) is 0.827. The first-order valence-electron chi connectivity index (χ1n) is 6.46. The zero-order valence-electron chi connectivity index (χ0n) is 11.1. The lowest BCUT2D eigenvalue weighted by molar-refractivity contribution is 0.607. The summed E-state index contributed by atoms with van der Waals surface area (Å²) in [4.78, 5) is 14.3. The van der Waals surface area contributed by atoms with Crippen molar-refractivity contribution in [2.75, 3.05) is 25.0 Å². The van der Waals surface area contributed by atoms with Gasteiger partial charge in [0.2, 0.25) is 0 Å². The van der Waals surface area contributed by atoms with Gasteiger partial charge in [0.25, 0.3) is 5.56 Å². The van der Waals surface area contributed by atoms with Crippen LogP contribution in [-0.4, -0.2) is 36.0 Å². The molecule has 0 aromatic carbocycles. The van der Waals surface area contributed by atoms with E-state index in [9.17, 15) is 4.79 Å². The van der Waals surface area contributed by atoms with Crippen molar-refractivity contribution in [2.24, 2.45) is 0 Å². The molecular formula is C13H19ClN4O. The van der Waals surface area contributed by atoms with E-state index in [1.165, 1.54) is 4.68 Å². The third-order valence-electron chi connectivity index (χ3n) is 3.39. The predicted octanol–water partition coefficient (Wildman–Crippen LogP) is 1.27. The second-order valence-electron chi connectivity index (χ2n) is 4.67. The third kappa shape index (κ3) is 2.82. The fourth-order valence-electron chi connectivity index (χ4n) is 2.51. The molecule has 2 heterocycles. The lowest BCUT2D eigenvalue weighted by Crippen LogP contribution is -2.38. The summed E-state index contributed by atoms with van der Waals surface area (Å²) >= 11 is 6.21. The number of nitrogens with zero attached hydrogens (tertiary/aromatic N) is 3. The summed E-state index contributed by atoms with van der Waals surface area (Å²) in [5.74, 6) is 0. The van der Waals surface area contributed by atoms with Gasteiger partial charge >= 0.3 is 0 Å². The molecule has 2 rings (SSSR count). The fraction of sp³-hybridized carbons (Fsp3) is 0.538. The zero-order chi connectivity index (χ0) is 13.8. The molecule has 1 atom stereocenters. The number of anilines is 1. The monoisotopic (exact) mass is 282 g/mol. The van der Waals surface area contributed by atoms with Crippen molar-refractivity contribution in [3.63, 3.8) is 0 Å². The minimum absolute atomic E-state index is 0.250. The Morgan fingerprint density at radius 2 is 2.47 bits per heavy atom. The molecule has 1 unspecified atom stereocenters. The maximum absolute atomic E-state index is 12.1. The highest BCUT2D eigenvalue weighted by molar-refractivity contribution is 6.33. The summed E-state index contributed by atoms with van der Waals surface area (Å²) in [6.45, 7) is 5.77. The molecule has 0 bridgehead atoms. The third-order valence-corrected chi connectivity index (χ3v) is 3.75. The molecule has 0 aliphatic carbocycles. The van der Waals surface area contributed by atoms with Gasteiger partial charge in [0, 0.05) is 19.1 Å². The largest absolute Gasteiger partial charge is 0.365 e. The Morgan fingerprint density at radius 3 is 3.16 bits per heavy atom. The lowest BCUT2D eigenvalue weighted by Gasteiger charge is -2.27. The van der Waals surface area contributed by atoms with Crippen LogP contribution in [0.4, 0.5) is 5.69 Å². The first-order valence-corrected chi connectivity index (χ1v) is 6.84. The average molecular weight is 283 g/mol. The molecule has 19 heavy (non-hydrogen) atoms. The molecular weight excluding hydrogens is 264 g/mol. The second-order valence-corrected chi connectivity index (χ2v) is 5.04. The number of likely N-dealkylation sites (N-methyl/N-ethyl adjacent to an activating group) is 1. The number of hydrogen-bond donors (Lipinski definition) is 1. The molecule has 0 radical (unpaired) electrons. The van der Waals surface area contributed by atoms with E-state index in [4.69, 9.17) is 11.6 Å². The standard InChI is InChI=1S/C13H19ClN4O/c1-3-6-18-13(19)12(14)11(9-16-18)17-7-4-5-10(17)8-15-2/h3,9-10,15H,1,4-8H2,2H3. The molecule has 1 saturated heterocycles. The van der Waals surface area contributed by atoms with E-state index in [2.05, 4.69) is 21.9 Å². The van der Waals surface area contributed by atoms with E-state index in [0.717, 1.165) is 31.6 Å². The molecule has 1 aliphatic rings. The molecule has 0 spiro atoms. The Labute approximate surface area is 117 Å². The molecule has 0 amide bonds. The highest BCUT2D eigenvalue weighted by Gasteiger charge is 2.27. The van der Waals surface area contributed by atoms with Gasteiger partial charge < -0.3 is 10.2 Å². The van der Waals surface area contributed by atoms with Crippen LogP contribution in [0.5, 0.6) is 0 Å². The Morgan fingerprint density at radius 1 is 1.68 bits per heavy atom. The molecule has 1 N–H and O–H groups in total. The van der Waals surface area contributed by atoms with E-state index in [-0.39, 0.29) is 10.6 Å². The summed E-state index contributed by atoms with van der Waals surface area (Å²) < 4.78 is 1.32. The summed E-state index contributed by atoms with van der Waals surface area (Å²) in [5, 5.41) is 7.58. The molecule has 1 aromatic heterocycles. The van der Waals surface area contributed by atoms with E-state index in [1.807, 2.05) is 7.05 Å². The van der Waals surface area contributed by atoms with Crippen LogP contribution in [0.15, 0.2) is 23.6 Å². The molecule has 5 nitrogen and oxygen atoms in total. The first-order chi connectivity index (χ1) is 9.19. The molecule has 104 valence electrons. The zero-order valence-corrected chi connectivity index (χ0v) is 11.9. The topological polar surface area (TPSA) is 50.2 Å². The number of nitrogens with one attached hydrogen (secondary N) is 1. The van der Waals surface area contributed by atoms with Crippen LogP contribution in [0.3, 0.4) is 0 Å². The highest BCUT2D eigenvalue weighted by Crippen LogP contribution is 2.28. The van der Waals surface area contributed by atoms with Gasteiger partial charge in [-0.05, 0) is 19.9 Å². The molecule has 0 saturated carbocycles. The van der Waals surface area contributed by atoms with E-state index in [0.29, 0.717) is 12.6 Å². The Hall–Kier alpha value is -1.33. The van der Waals surface area contributed by atoms with Crippen LogP contribution in [-0.2, 0) is 6.54 Å². The number of rotatable bonds is 5. The van der Waals surface area contributed by atoms with E-state index in [1.54, 1.807) is 12.3 Å². The van der Waals surface area contributed by atoms with E-state index < -0.39 is 0 Å². The van der Waals surface area contributed by atoms with Crippen LogP contribution in [0.2, 0.25) is 5.02 Å². The Kier molecular flexibility index (Phi) is 4.61. The van der Waals surface area contributed by atoms with Gasteiger partial charge in [0.15, 0.2) is 0 Å². The second kappa shape index (κ2) is 6.21. The summed E-state index contributed by atoms with van der Waals surface area (Å²) in [6.07, 6.45) is 5.52. The van der Waals surface area contributed by atoms with Crippen molar-refractivity contribution in [3.05, 3.63) is 34.2 Å². The minimum atomic E-state index is -0.255. The van der Waals surface area contributed by atoms with Gasteiger partial charge in [-0.1, -0.05) is 17.7 Å². The van der Waals surface area contributed by atoms with Crippen molar-refractivity contribution in [2.45, 2.75) is 25.4 Å². The van der Waals surface area contributed by atoms with Crippen molar-refractivity contribution >= 4 is 17.3 Å². The maximum Gasteiger partial charge on any atom is 0.287 e. The minimum Gasteiger partial charge on any atom is -0.365 e. The van der Waals surface area contributed by atoms with Gasteiger partial charge in [0.05, 0.1) is 18.4 Å². The van der Waals surface area contributed by atoms with Crippen molar-refractivity contribution in [1.82, 2.24) is 15.1 Å². The van der Waals surface area contributed by atoms with Gasteiger partial charge in [-0.25, -0.2) is 4.68 Å². The van der Waals surface area contributed by atoms with Gasteiger partial charge in [-0.2, -0.15) is 5.10 Å². The molecule has 1 fully saturated rings. The summed E-state index contributed by atoms with van der Waals surface area (Å²) in [7, 11) is 1.93. The van der Waals surface area contributed by atoms with Crippen LogP contribution < -0.4 is 15.8 Å². The highest BCUT2D eigenvalue weighted by atomic mass is 35.5. The fourth-order valence-corrected chi connectivity index (χ4v) is 2.76. The van der Waals surface area contributed by atoms with Gasteiger partial charge in [0.1, 0.15) is 5.02 Å². The Balaban J connectivity index is 2.32. The van der Waals surface area contributed by atoms with Crippen LogP contribution in [0.25, 0.3) is 0 Å². The SMILES string of the molecule is C=CCn1ncc(N2CCCC2CNC)c(Cl)c1=O. The number of halogens is 1. The van der Waals surface area contributed by atoms with Crippen molar-refractivity contribution in [3.8, 4) is 0 Å². The van der Waals surface area contributed by atoms with Crippen LogP contribution >= 0.6 is 11.6 Å². The molecule has 1 aromatic rings. The molecule has 6 heteroatoms. The maximum atomic E-state index is 12.1. The number of allylic oxidation sites excluding steroid dienone is 1. The first kappa shape index (κ1) is 14.1. The normalized spacial score (nSPS) is 18.8. The van der Waals surface area contributed by atoms with Crippen molar-refractivity contribution < 1.29 is 0 Å². The summed E-state index contributed by atoms with van der Waals surface area (Å²) in [6, 6.07) is 0.374. The van der Waals surface area contributed by atoms with Gasteiger partial charge in [-0.3, -0.25) is 4.79 Å². The predicted molar refractivity (Wildman–Crippen MR) is 78.0 cm³/mol.